The number of rotatable bonds is 3. The van der Waals surface area contributed by atoms with Gasteiger partial charge in [0.25, 0.3) is 0 Å². The van der Waals surface area contributed by atoms with E-state index in [2.05, 4.69) is 25.2 Å². The van der Waals surface area contributed by atoms with Gasteiger partial charge in [-0.15, -0.1) is 0 Å². The highest BCUT2D eigenvalue weighted by atomic mass is 35.5. The van der Waals surface area contributed by atoms with Gasteiger partial charge in [0.1, 0.15) is 18.0 Å². The predicted molar refractivity (Wildman–Crippen MR) is 134 cm³/mol. The summed E-state index contributed by atoms with van der Waals surface area (Å²) >= 11 is 6.36. The molecule has 0 atom stereocenters. The third kappa shape index (κ3) is 5.85. The smallest absolute Gasteiger partial charge is 0.218 e. The van der Waals surface area contributed by atoms with Crippen molar-refractivity contribution in [3.8, 4) is 0 Å². The van der Waals surface area contributed by atoms with E-state index in [1.807, 2.05) is 39.0 Å². The van der Waals surface area contributed by atoms with E-state index in [1.165, 1.54) is 12.1 Å². The highest BCUT2D eigenvalue weighted by Gasteiger charge is 2.22. The van der Waals surface area contributed by atoms with Gasteiger partial charge < -0.3 is 10.2 Å². The van der Waals surface area contributed by atoms with E-state index in [4.69, 9.17) is 16.6 Å². The summed E-state index contributed by atoms with van der Waals surface area (Å²) in [6.45, 7) is 8.27. The van der Waals surface area contributed by atoms with Crippen LogP contribution in [0.4, 0.5) is 10.2 Å². The standard InChI is InChI=1S/C25H28ClFN6/c1-16-6-9-28-25(31-18(3)22(12-16)21-5-4-19(27)14-23(21)26)32-20-7-10-33(11-8-20)24-13-17(2)29-15-30-24/h4-6,12-15,20H,7-11H2,1-3H3,(H,28,32). The molecule has 6 nitrogen and oxygen atoms in total. The summed E-state index contributed by atoms with van der Waals surface area (Å²) in [6.07, 6.45) is 7.61. The fraction of sp³-hybridized carbons (Fsp3) is 0.360. The third-order valence-electron chi connectivity index (χ3n) is 5.85. The highest BCUT2D eigenvalue weighted by Crippen LogP contribution is 2.28. The molecular weight excluding hydrogens is 439 g/mol. The minimum absolute atomic E-state index is 0.271. The lowest BCUT2D eigenvalue weighted by Gasteiger charge is -2.33. The lowest BCUT2D eigenvalue weighted by Crippen LogP contribution is -2.44. The van der Waals surface area contributed by atoms with Gasteiger partial charge in [-0.25, -0.2) is 24.3 Å². The van der Waals surface area contributed by atoms with Crippen molar-refractivity contribution >= 4 is 34.7 Å². The molecule has 0 saturated carbocycles. The summed E-state index contributed by atoms with van der Waals surface area (Å²) in [7, 11) is 0. The number of guanidine groups is 1. The number of benzene rings is 1. The van der Waals surface area contributed by atoms with Crippen LogP contribution in [0.5, 0.6) is 0 Å². The number of anilines is 1. The van der Waals surface area contributed by atoms with Gasteiger partial charge in [0.2, 0.25) is 5.96 Å². The summed E-state index contributed by atoms with van der Waals surface area (Å²) in [6, 6.07) is 6.74. The van der Waals surface area contributed by atoms with Gasteiger partial charge in [-0.05, 0) is 57.9 Å². The zero-order chi connectivity index (χ0) is 23.4. The molecule has 1 aromatic carbocycles. The first-order valence-electron chi connectivity index (χ1n) is 11.1. The van der Waals surface area contributed by atoms with Crippen LogP contribution >= 0.6 is 11.6 Å². The molecule has 2 aliphatic heterocycles. The number of nitrogens with zero attached hydrogens (tertiary/aromatic N) is 5. The lowest BCUT2D eigenvalue weighted by molar-refractivity contribution is 0.463. The molecule has 0 unspecified atom stereocenters. The molecule has 0 spiro atoms. The molecule has 0 amide bonds. The summed E-state index contributed by atoms with van der Waals surface area (Å²) in [4.78, 5) is 20.4. The summed E-state index contributed by atoms with van der Waals surface area (Å²) in [5.74, 6) is 1.22. The maximum Gasteiger partial charge on any atom is 0.218 e. The summed E-state index contributed by atoms with van der Waals surface area (Å²) < 4.78 is 13.6. The topological polar surface area (TPSA) is 65.8 Å². The number of aromatic nitrogens is 2. The van der Waals surface area contributed by atoms with Crippen molar-refractivity contribution in [1.82, 2.24) is 15.3 Å². The highest BCUT2D eigenvalue weighted by molar-refractivity contribution is 6.36. The van der Waals surface area contributed by atoms with E-state index in [-0.39, 0.29) is 11.9 Å². The minimum atomic E-state index is -0.360. The number of aliphatic imine (C=N–C) groups is 2. The summed E-state index contributed by atoms with van der Waals surface area (Å²) in [5.41, 5.74) is 4.41. The molecule has 0 aliphatic carbocycles. The van der Waals surface area contributed by atoms with Gasteiger partial charge in [0.05, 0.1) is 11.6 Å². The van der Waals surface area contributed by atoms with Crippen LogP contribution in [0.1, 0.15) is 37.9 Å². The van der Waals surface area contributed by atoms with Crippen molar-refractivity contribution in [2.75, 3.05) is 24.5 Å². The second-order valence-electron chi connectivity index (χ2n) is 8.42. The molecule has 4 rings (SSSR count). The number of nitrogens with one attached hydrogen (secondary N) is 1. The maximum absolute atomic E-state index is 13.6. The van der Waals surface area contributed by atoms with Crippen LogP contribution < -0.4 is 10.2 Å². The third-order valence-corrected chi connectivity index (χ3v) is 6.17. The molecule has 1 aromatic heterocycles. The van der Waals surface area contributed by atoms with Crippen molar-refractivity contribution in [2.45, 2.75) is 39.7 Å². The Bertz CT molecular complexity index is 1150. The molecule has 33 heavy (non-hydrogen) atoms. The Hall–Kier alpha value is -3.06. The molecule has 0 bridgehead atoms. The molecule has 1 fully saturated rings. The number of hydrogen-bond acceptors (Lipinski definition) is 6. The molecule has 8 heteroatoms. The van der Waals surface area contributed by atoms with Crippen molar-refractivity contribution in [2.24, 2.45) is 9.98 Å². The van der Waals surface area contributed by atoms with E-state index in [0.29, 0.717) is 17.5 Å². The minimum Gasteiger partial charge on any atom is -0.356 e. The number of allylic oxidation sites excluding steroid dienone is 3. The van der Waals surface area contributed by atoms with Gasteiger partial charge in [-0.2, -0.15) is 0 Å². The second kappa shape index (κ2) is 10.3. The van der Waals surface area contributed by atoms with Gasteiger partial charge in [-0.1, -0.05) is 23.3 Å². The van der Waals surface area contributed by atoms with E-state index in [0.717, 1.165) is 59.9 Å². The molecular formula is C25H28ClFN6. The Balaban J connectivity index is 1.50. The quantitative estimate of drug-likeness (QED) is 0.691. The van der Waals surface area contributed by atoms with Crippen molar-refractivity contribution in [1.29, 1.82) is 0 Å². The van der Waals surface area contributed by atoms with Gasteiger partial charge in [-0.3, -0.25) is 0 Å². The number of aryl methyl sites for hydroxylation is 1. The molecule has 1 saturated heterocycles. The van der Waals surface area contributed by atoms with E-state index in [9.17, 15) is 4.39 Å². The molecule has 0 radical (unpaired) electrons. The molecule has 1 N–H and O–H groups in total. The maximum atomic E-state index is 13.6. The van der Waals surface area contributed by atoms with Crippen molar-refractivity contribution in [3.05, 3.63) is 70.4 Å². The van der Waals surface area contributed by atoms with Crippen LogP contribution in [-0.2, 0) is 0 Å². The first-order chi connectivity index (χ1) is 15.9. The molecule has 172 valence electrons. The normalized spacial score (nSPS) is 17.8. The molecule has 2 aliphatic rings. The Morgan fingerprint density at radius 2 is 1.88 bits per heavy atom. The van der Waals surface area contributed by atoms with Crippen LogP contribution in [0, 0.1) is 12.7 Å². The van der Waals surface area contributed by atoms with Crippen LogP contribution in [-0.4, -0.2) is 47.3 Å². The van der Waals surface area contributed by atoms with Crippen molar-refractivity contribution < 1.29 is 4.39 Å². The van der Waals surface area contributed by atoms with Crippen LogP contribution in [0.15, 0.2) is 58.3 Å². The van der Waals surface area contributed by atoms with E-state index < -0.39 is 0 Å². The van der Waals surface area contributed by atoms with Crippen LogP contribution in [0.2, 0.25) is 5.02 Å². The zero-order valence-corrected chi connectivity index (χ0v) is 19.9. The Kier molecular flexibility index (Phi) is 7.18. The van der Waals surface area contributed by atoms with E-state index in [1.54, 1.807) is 12.4 Å². The Morgan fingerprint density at radius 1 is 1.09 bits per heavy atom. The van der Waals surface area contributed by atoms with E-state index >= 15 is 0 Å². The zero-order valence-electron chi connectivity index (χ0n) is 19.1. The van der Waals surface area contributed by atoms with Crippen molar-refractivity contribution in [3.63, 3.8) is 0 Å². The van der Waals surface area contributed by atoms with Gasteiger partial charge in [0.15, 0.2) is 0 Å². The molecule has 3 heterocycles. The van der Waals surface area contributed by atoms with Gasteiger partial charge in [0, 0.05) is 47.7 Å². The average molecular weight is 467 g/mol. The first-order valence-corrected chi connectivity index (χ1v) is 11.5. The van der Waals surface area contributed by atoms with Crippen LogP contribution in [0.25, 0.3) is 5.57 Å². The fourth-order valence-corrected chi connectivity index (χ4v) is 4.30. The monoisotopic (exact) mass is 466 g/mol. The lowest BCUT2D eigenvalue weighted by atomic mass is 9.99. The largest absolute Gasteiger partial charge is 0.356 e. The number of piperidine rings is 1. The predicted octanol–water partition coefficient (Wildman–Crippen LogP) is 5.00. The number of hydrogen-bond donors (Lipinski definition) is 1. The SMILES string of the molecule is CC1=CCN=C(NC2CCN(c3cc(C)ncn3)CC2)N=C(C)C(c2ccc(F)cc2Cl)=C1. The number of halogens is 2. The van der Waals surface area contributed by atoms with Gasteiger partial charge >= 0.3 is 0 Å². The average Bonchev–Trinajstić information content (AvgIpc) is 2.84. The first kappa shape index (κ1) is 23.1. The summed E-state index contributed by atoms with van der Waals surface area (Å²) in [5, 5.41) is 3.89. The molecule has 2 aromatic rings. The second-order valence-corrected chi connectivity index (χ2v) is 8.82. The Labute approximate surface area is 199 Å². The fourth-order valence-electron chi connectivity index (χ4n) is 4.03. The van der Waals surface area contributed by atoms with Crippen LogP contribution in [0.3, 0.4) is 0 Å². The Morgan fingerprint density at radius 3 is 2.61 bits per heavy atom.